The van der Waals surface area contributed by atoms with Gasteiger partial charge in [-0.25, -0.2) is 4.98 Å². The standard InChI is InChI=1S/C20H24F3N3O/c1-2-3-11-25-13-10-24-18(25)15-7-6-12-26(14-15)19(27)16-8-4-5-9-17(16)20(21,22)23/h4-5,8-10,13,15H,2-3,6-7,11-12,14H2,1H3/t15-/m1/s1. The molecule has 2 heterocycles. The minimum atomic E-state index is -4.54. The summed E-state index contributed by atoms with van der Waals surface area (Å²) in [6, 6.07) is 5.01. The number of hydrogen-bond acceptors (Lipinski definition) is 2. The Hall–Kier alpha value is -2.31. The zero-order valence-corrected chi connectivity index (χ0v) is 15.4. The molecule has 7 heteroatoms. The van der Waals surface area contributed by atoms with Gasteiger partial charge in [0.25, 0.3) is 5.91 Å². The number of amides is 1. The maximum Gasteiger partial charge on any atom is 0.417 e. The number of benzene rings is 1. The first kappa shape index (κ1) is 19.5. The van der Waals surface area contributed by atoms with Crippen LogP contribution < -0.4 is 0 Å². The number of nitrogens with zero attached hydrogens (tertiary/aromatic N) is 3. The van der Waals surface area contributed by atoms with Crippen LogP contribution in [-0.4, -0.2) is 33.4 Å². The van der Waals surface area contributed by atoms with Crippen molar-refractivity contribution in [2.45, 2.75) is 51.2 Å². The van der Waals surface area contributed by atoms with Gasteiger partial charge in [0.15, 0.2) is 0 Å². The van der Waals surface area contributed by atoms with Gasteiger partial charge in [0.1, 0.15) is 5.82 Å². The Morgan fingerprint density at radius 2 is 2.07 bits per heavy atom. The third-order valence-electron chi connectivity index (χ3n) is 5.04. The molecule has 1 atom stereocenters. The normalized spacial score (nSPS) is 17.9. The molecule has 1 aliphatic heterocycles. The number of aromatic nitrogens is 2. The average molecular weight is 379 g/mol. The Labute approximate surface area is 157 Å². The Morgan fingerprint density at radius 3 is 2.81 bits per heavy atom. The SMILES string of the molecule is CCCCn1ccnc1[C@@H]1CCCN(C(=O)c2ccccc2C(F)(F)F)C1. The van der Waals surface area contributed by atoms with Gasteiger partial charge >= 0.3 is 6.18 Å². The summed E-state index contributed by atoms with van der Waals surface area (Å²) in [5, 5.41) is 0. The molecule has 0 unspecified atom stereocenters. The number of piperidine rings is 1. The van der Waals surface area contributed by atoms with Crippen LogP contribution in [0.4, 0.5) is 13.2 Å². The molecule has 1 amide bonds. The fraction of sp³-hybridized carbons (Fsp3) is 0.500. The molecule has 4 nitrogen and oxygen atoms in total. The van der Waals surface area contributed by atoms with E-state index in [0.29, 0.717) is 13.1 Å². The van der Waals surface area contributed by atoms with E-state index in [1.807, 2.05) is 6.20 Å². The lowest BCUT2D eigenvalue weighted by Gasteiger charge is -2.33. The number of unbranched alkanes of at least 4 members (excludes halogenated alkanes) is 1. The molecule has 0 radical (unpaired) electrons. The van der Waals surface area contributed by atoms with Crippen molar-refractivity contribution < 1.29 is 18.0 Å². The number of aryl methyl sites for hydroxylation is 1. The summed E-state index contributed by atoms with van der Waals surface area (Å²) in [6.45, 7) is 3.86. The highest BCUT2D eigenvalue weighted by Crippen LogP contribution is 2.33. The van der Waals surface area contributed by atoms with Crippen molar-refractivity contribution in [1.82, 2.24) is 14.5 Å². The highest BCUT2D eigenvalue weighted by Gasteiger charge is 2.37. The fourth-order valence-electron chi connectivity index (χ4n) is 3.66. The number of imidazole rings is 1. The van der Waals surface area contributed by atoms with E-state index in [9.17, 15) is 18.0 Å². The molecule has 0 N–H and O–H groups in total. The number of hydrogen-bond donors (Lipinski definition) is 0. The van der Waals surface area contributed by atoms with Gasteiger partial charge in [-0.3, -0.25) is 4.79 Å². The summed E-state index contributed by atoms with van der Waals surface area (Å²) in [5.74, 6) is 0.414. The Balaban J connectivity index is 1.79. The highest BCUT2D eigenvalue weighted by molar-refractivity contribution is 5.96. The number of likely N-dealkylation sites (tertiary alicyclic amines) is 1. The summed E-state index contributed by atoms with van der Waals surface area (Å²) in [5.41, 5.74) is -1.15. The van der Waals surface area contributed by atoms with E-state index >= 15 is 0 Å². The lowest BCUT2D eigenvalue weighted by molar-refractivity contribution is -0.138. The van der Waals surface area contributed by atoms with E-state index in [-0.39, 0.29) is 11.5 Å². The largest absolute Gasteiger partial charge is 0.417 e. The molecule has 2 aromatic rings. The Kier molecular flexibility index (Phi) is 5.87. The van der Waals surface area contributed by atoms with E-state index in [1.54, 1.807) is 6.20 Å². The zero-order chi connectivity index (χ0) is 19.4. The topological polar surface area (TPSA) is 38.1 Å². The summed E-state index contributed by atoms with van der Waals surface area (Å²) in [7, 11) is 0. The lowest BCUT2D eigenvalue weighted by Crippen LogP contribution is -2.40. The molecule has 1 aromatic carbocycles. The van der Waals surface area contributed by atoms with Crippen LogP contribution in [-0.2, 0) is 12.7 Å². The van der Waals surface area contributed by atoms with Gasteiger partial charge in [0.05, 0.1) is 11.1 Å². The minimum absolute atomic E-state index is 0.0487. The van der Waals surface area contributed by atoms with Gasteiger partial charge < -0.3 is 9.47 Å². The third-order valence-corrected chi connectivity index (χ3v) is 5.04. The van der Waals surface area contributed by atoms with Crippen LogP contribution in [0.3, 0.4) is 0 Å². The first-order valence-electron chi connectivity index (χ1n) is 9.38. The number of halogens is 3. The third kappa shape index (κ3) is 4.34. The van der Waals surface area contributed by atoms with E-state index in [0.717, 1.165) is 44.1 Å². The summed E-state index contributed by atoms with van der Waals surface area (Å²) in [6.07, 6.45) is 2.89. The van der Waals surface area contributed by atoms with Crippen LogP contribution in [0.25, 0.3) is 0 Å². The summed E-state index contributed by atoms with van der Waals surface area (Å²) >= 11 is 0. The number of carbonyl (C=O) groups is 1. The van der Waals surface area contributed by atoms with Gasteiger partial charge in [0, 0.05) is 37.9 Å². The maximum atomic E-state index is 13.3. The quantitative estimate of drug-likeness (QED) is 0.754. The van der Waals surface area contributed by atoms with Crippen LogP contribution in [0, 0.1) is 0 Å². The molecule has 1 fully saturated rings. The first-order chi connectivity index (χ1) is 12.9. The second-order valence-corrected chi connectivity index (χ2v) is 6.97. The van der Waals surface area contributed by atoms with Crippen LogP contribution in [0.1, 0.15) is 60.3 Å². The van der Waals surface area contributed by atoms with Gasteiger partial charge in [-0.15, -0.1) is 0 Å². The molecular formula is C20H24F3N3O. The molecule has 1 aromatic heterocycles. The summed E-state index contributed by atoms with van der Waals surface area (Å²) < 4.78 is 41.9. The molecule has 0 bridgehead atoms. The van der Waals surface area contributed by atoms with Crippen molar-refractivity contribution in [3.63, 3.8) is 0 Å². The van der Waals surface area contributed by atoms with Gasteiger partial charge in [-0.2, -0.15) is 13.2 Å². The van der Waals surface area contributed by atoms with Gasteiger partial charge in [-0.1, -0.05) is 25.5 Å². The predicted octanol–water partition coefficient (Wildman–Crippen LogP) is 4.72. The van der Waals surface area contributed by atoms with E-state index in [4.69, 9.17) is 0 Å². The van der Waals surface area contributed by atoms with Crippen LogP contribution in [0.15, 0.2) is 36.7 Å². The van der Waals surface area contributed by atoms with E-state index in [1.165, 1.54) is 23.1 Å². The zero-order valence-electron chi connectivity index (χ0n) is 15.4. The maximum absolute atomic E-state index is 13.3. The Bertz CT molecular complexity index is 785. The van der Waals surface area contributed by atoms with Gasteiger partial charge in [-0.05, 0) is 31.4 Å². The molecule has 0 aliphatic carbocycles. The number of alkyl halides is 3. The second kappa shape index (κ2) is 8.15. The molecule has 0 spiro atoms. The molecule has 3 rings (SSSR count). The second-order valence-electron chi connectivity index (χ2n) is 6.97. The van der Waals surface area contributed by atoms with Gasteiger partial charge in [0.2, 0.25) is 0 Å². The minimum Gasteiger partial charge on any atom is -0.338 e. The van der Waals surface area contributed by atoms with Crippen LogP contribution in [0.2, 0.25) is 0 Å². The molecule has 27 heavy (non-hydrogen) atoms. The molecular weight excluding hydrogens is 355 g/mol. The summed E-state index contributed by atoms with van der Waals surface area (Å²) in [4.78, 5) is 18.8. The lowest BCUT2D eigenvalue weighted by atomic mass is 9.95. The number of carbonyl (C=O) groups excluding carboxylic acids is 1. The molecule has 1 saturated heterocycles. The van der Waals surface area contributed by atoms with E-state index in [2.05, 4.69) is 16.5 Å². The van der Waals surface area contributed by atoms with Crippen molar-refractivity contribution in [3.05, 3.63) is 53.6 Å². The average Bonchev–Trinajstić information content (AvgIpc) is 3.14. The van der Waals surface area contributed by atoms with Crippen LogP contribution in [0.5, 0.6) is 0 Å². The smallest absolute Gasteiger partial charge is 0.338 e. The molecule has 1 aliphatic rings. The van der Waals surface area contributed by atoms with Crippen molar-refractivity contribution in [3.8, 4) is 0 Å². The van der Waals surface area contributed by atoms with Crippen molar-refractivity contribution in [2.75, 3.05) is 13.1 Å². The molecule has 146 valence electrons. The fourth-order valence-corrected chi connectivity index (χ4v) is 3.66. The van der Waals surface area contributed by atoms with E-state index < -0.39 is 17.6 Å². The van der Waals surface area contributed by atoms with Crippen molar-refractivity contribution in [1.29, 1.82) is 0 Å². The number of rotatable bonds is 5. The highest BCUT2D eigenvalue weighted by atomic mass is 19.4. The van der Waals surface area contributed by atoms with Crippen molar-refractivity contribution >= 4 is 5.91 Å². The first-order valence-corrected chi connectivity index (χ1v) is 9.38. The predicted molar refractivity (Wildman–Crippen MR) is 96.5 cm³/mol. The molecule has 0 saturated carbocycles. The Morgan fingerprint density at radius 1 is 1.30 bits per heavy atom. The van der Waals surface area contributed by atoms with Crippen molar-refractivity contribution in [2.24, 2.45) is 0 Å². The van der Waals surface area contributed by atoms with Crippen LogP contribution >= 0.6 is 0 Å². The monoisotopic (exact) mass is 379 g/mol.